The van der Waals surface area contributed by atoms with Crippen LogP contribution in [0.15, 0.2) is 0 Å². The summed E-state index contributed by atoms with van der Waals surface area (Å²) in [5, 5.41) is 0. The molecule has 0 bridgehead atoms. The molecule has 0 spiro atoms. The molecule has 2 N–H and O–H groups in total. The summed E-state index contributed by atoms with van der Waals surface area (Å²) in [5.74, 6) is 0. The number of nitrogens with zero attached hydrogens (tertiary/aromatic N) is 1. The predicted octanol–water partition coefficient (Wildman–Crippen LogP) is 1.60. The van der Waals surface area contributed by atoms with E-state index < -0.39 is 0 Å². The van der Waals surface area contributed by atoms with Crippen molar-refractivity contribution >= 4 is 0 Å². The van der Waals surface area contributed by atoms with Crippen LogP contribution >= 0.6 is 0 Å². The molecule has 2 atom stereocenters. The van der Waals surface area contributed by atoms with Gasteiger partial charge in [-0.3, -0.25) is 4.90 Å². The number of rotatable bonds is 5. The molecule has 0 heterocycles. The van der Waals surface area contributed by atoms with Crippen LogP contribution < -0.4 is 5.73 Å². The lowest BCUT2D eigenvalue weighted by molar-refractivity contribution is 0.194. The van der Waals surface area contributed by atoms with Crippen LogP contribution in [-0.4, -0.2) is 29.6 Å². The fraction of sp³-hybridized carbons (Fsp3) is 1.00. The summed E-state index contributed by atoms with van der Waals surface area (Å²) in [6.07, 6.45) is 3.93. The highest BCUT2D eigenvalue weighted by atomic mass is 15.2. The number of hydrogen-bond acceptors (Lipinski definition) is 2. The third-order valence-corrected chi connectivity index (χ3v) is 2.66. The first-order valence-corrected chi connectivity index (χ1v) is 5.16. The van der Waals surface area contributed by atoms with Crippen molar-refractivity contribution in [1.82, 2.24) is 4.90 Å². The maximum Gasteiger partial charge on any atom is 0.00991 e. The Hall–Kier alpha value is -0.0800. The molecule has 0 aromatic carbocycles. The van der Waals surface area contributed by atoms with Gasteiger partial charge in [0.05, 0.1) is 0 Å². The van der Waals surface area contributed by atoms with Crippen LogP contribution in [-0.2, 0) is 0 Å². The Bertz CT molecular complexity index is 130. The van der Waals surface area contributed by atoms with Gasteiger partial charge in [-0.25, -0.2) is 0 Å². The van der Waals surface area contributed by atoms with Crippen LogP contribution in [0.25, 0.3) is 0 Å². The van der Waals surface area contributed by atoms with Crippen molar-refractivity contribution in [1.29, 1.82) is 0 Å². The average molecular weight is 170 g/mol. The molecular formula is C10H22N2. The zero-order chi connectivity index (χ0) is 9.14. The maximum absolute atomic E-state index is 5.78. The lowest BCUT2D eigenvalue weighted by Gasteiger charge is -2.28. The van der Waals surface area contributed by atoms with E-state index in [4.69, 9.17) is 5.73 Å². The molecule has 1 saturated carbocycles. The molecule has 2 heteroatoms. The minimum Gasteiger partial charge on any atom is -0.328 e. The predicted molar refractivity (Wildman–Crippen MR) is 53.1 cm³/mol. The fourth-order valence-electron chi connectivity index (χ4n) is 2.01. The zero-order valence-corrected chi connectivity index (χ0v) is 8.59. The van der Waals surface area contributed by atoms with E-state index in [-0.39, 0.29) is 0 Å². The average Bonchev–Trinajstić information content (AvgIpc) is 2.70. The van der Waals surface area contributed by atoms with Gasteiger partial charge in [0.2, 0.25) is 0 Å². The molecule has 72 valence electrons. The van der Waals surface area contributed by atoms with E-state index in [1.54, 1.807) is 0 Å². The molecule has 1 fully saturated rings. The monoisotopic (exact) mass is 170 g/mol. The van der Waals surface area contributed by atoms with Gasteiger partial charge in [0.25, 0.3) is 0 Å². The highest BCUT2D eigenvalue weighted by Gasteiger charge is 2.30. The van der Waals surface area contributed by atoms with Crippen LogP contribution in [0.2, 0.25) is 0 Å². The molecule has 0 aromatic rings. The van der Waals surface area contributed by atoms with Gasteiger partial charge in [0.1, 0.15) is 0 Å². The standard InChI is InChI=1S/C10H22N2/c1-4-12(10-5-6-10)9(3)7-8(2)11/h8-10H,4-7,11H2,1-3H3. The van der Waals surface area contributed by atoms with Crippen LogP contribution in [0.3, 0.4) is 0 Å². The molecule has 1 aliphatic carbocycles. The van der Waals surface area contributed by atoms with Gasteiger partial charge in [0.15, 0.2) is 0 Å². The number of hydrogen-bond donors (Lipinski definition) is 1. The second kappa shape index (κ2) is 4.24. The minimum atomic E-state index is 0.341. The van der Waals surface area contributed by atoms with Gasteiger partial charge in [0, 0.05) is 18.1 Å². The number of nitrogens with two attached hydrogens (primary N) is 1. The molecule has 2 unspecified atom stereocenters. The van der Waals surface area contributed by atoms with Gasteiger partial charge in [-0.05, 0) is 39.7 Å². The second-order valence-electron chi connectivity index (χ2n) is 4.12. The van der Waals surface area contributed by atoms with E-state index in [9.17, 15) is 0 Å². The van der Waals surface area contributed by atoms with Crippen LogP contribution in [0.5, 0.6) is 0 Å². The van der Waals surface area contributed by atoms with Crippen LogP contribution in [0, 0.1) is 0 Å². The van der Waals surface area contributed by atoms with Crippen molar-refractivity contribution in [3.8, 4) is 0 Å². The van der Waals surface area contributed by atoms with E-state index in [1.807, 2.05) is 0 Å². The largest absolute Gasteiger partial charge is 0.328 e. The fourth-order valence-corrected chi connectivity index (χ4v) is 2.01. The summed E-state index contributed by atoms with van der Waals surface area (Å²) in [6, 6.07) is 1.89. The summed E-state index contributed by atoms with van der Waals surface area (Å²) in [5.41, 5.74) is 5.78. The Morgan fingerprint density at radius 2 is 2.00 bits per heavy atom. The van der Waals surface area contributed by atoms with Crippen LogP contribution in [0.4, 0.5) is 0 Å². The summed E-state index contributed by atoms with van der Waals surface area (Å²) in [6.45, 7) is 7.82. The van der Waals surface area contributed by atoms with Crippen molar-refractivity contribution in [3.63, 3.8) is 0 Å². The molecule has 2 nitrogen and oxygen atoms in total. The highest BCUT2D eigenvalue weighted by molar-refractivity contribution is 4.87. The van der Waals surface area contributed by atoms with Gasteiger partial charge in [-0.2, -0.15) is 0 Å². The van der Waals surface area contributed by atoms with E-state index >= 15 is 0 Å². The Morgan fingerprint density at radius 1 is 1.42 bits per heavy atom. The Kier molecular flexibility index (Phi) is 3.53. The third kappa shape index (κ3) is 2.76. The summed E-state index contributed by atoms with van der Waals surface area (Å²) >= 11 is 0. The first-order chi connectivity index (χ1) is 5.65. The summed E-state index contributed by atoms with van der Waals surface area (Å²) in [7, 11) is 0. The molecule has 0 saturated heterocycles. The molecule has 1 rings (SSSR count). The second-order valence-corrected chi connectivity index (χ2v) is 4.12. The zero-order valence-electron chi connectivity index (χ0n) is 8.59. The topological polar surface area (TPSA) is 29.3 Å². The van der Waals surface area contributed by atoms with Crippen molar-refractivity contribution in [3.05, 3.63) is 0 Å². The molecule has 0 radical (unpaired) electrons. The quantitative estimate of drug-likeness (QED) is 0.679. The van der Waals surface area contributed by atoms with Crippen molar-refractivity contribution in [2.45, 2.75) is 58.2 Å². The van der Waals surface area contributed by atoms with Crippen molar-refractivity contribution in [2.24, 2.45) is 5.73 Å². The summed E-state index contributed by atoms with van der Waals surface area (Å²) in [4.78, 5) is 2.59. The lowest BCUT2D eigenvalue weighted by atomic mass is 10.1. The molecular weight excluding hydrogens is 148 g/mol. The van der Waals surface area contributed by atoms with E-state index in [1.165, 1.54) is 19.4 Å². The van der Waals surface area contributed by atoms with Gasteiger partial charge in [-0.15, -0.1) is 0 Å². The van der Waals surface area contributed by atoms with E-state index in [2.05, 4.69) is 25.7 Å². The van der Waals surface area contributed by atoms with Crippen LogP contribution in [0.1, 0.15) is 40.0 Å². The van der Waals surface area contributed by atoms with Crippen molar-refractivity contribution in [2.75, 3.05) is 6.54 Å². The third-order valence-electron chi connectivity index (χ3n) is 2.66. The molecule has 0 amide bonds. The van der Waals surface area contributed by atoms with E-state index in [0.29, 0.717) is 12.1 Å². The Labute approximate surface area is 76.1 Å². The maximum atomic E-state index is 5.78. The lowest BCUT2D eigenvalue weighted by Crippen LogP contribution is -2.38. The first kappa shape index (κ1) is 10.0. The van der Waals surface area contributed by atoms with Gasteiger partial charge >= 0.3 is 0 Å². The Morgan fingerprint density at radius 3 is 2.33 bits per heavy atom. The smallest absolute Gasteiger partial charge is 0.00991 e. The molecule has 1 aliphatic rings. The van der Waals surface area contributed by atoms with Crippen molar-refractivity contribution < 1.29 is 0 Å². The van der Waals surface area contributed by atoms with Gasteiger partial charge < -0.3 is 5.73 Å². The molecule has 0 aromatic heterocycles. The highest BCUT2D eigenvalue weighted by Crippen LogP contribution is 2.29. The van der Waals surface area contributed by atoms with Gasteiger partial charge in [-0.1, -0.05) is 6.92 Å². The normalized spacial score (nSPS) is 22.8. The van der Waals surface area contributed by atoms with E-state index in [0.717, 1.165) is 12.5 Å². The Balaban J connectivity index is 2.30. The minimum absolute atomic E-state index is 0.341. The first-order valence-electron chi connectivity index (χ1n) is 5.16. The SMILES string of the molecule is CCN(C(C)CC(C)N)C1CC1. The molecule has 0 aliphatic heterocycles. The molecule has 12 heavy (non-hydrogen) atoms. The summed E-state index contributed by atoms with van der Waals surface area (Å²) < 4.78 is 0.